The lowest BCUT2D eigenvalue weighted by atomic mass is 10.1. The van der Waals surface area contributed by atoms with Gasteiger partial charge in [-0.3, -0.25) is 4.79 Å². The molecule has 2 aromatic carbocycles. The van der Waals surface area contributed by atoms with Crippen LogP contribution in [0.3, 0.4) is 0 Å². The fraction of sp³-hybridized carbons (Fsp3) is 0.316. The highest BCUT2D eigenvalue weighted by molar-refractivity contribution is 7.98. The molecule has 0 unspecified atom stereocenters. The molecule has 0 aliphatic heterocycles. The highest BCUT2D eigenvalue weighted by Gasteiger charge is 2.16. The van der Waals surface area contributed by atoms with Gasteiger partial charge in [-0.15, -0.1) is 11.8 Å². The van der Waals surface area contributed by atoms with E-state index in [0.29, 0.717) is 18.7 Å². The molecular weight excluding hydrogens is 384 g/mol. The molecule has 0 atom stereocenters. The average Bonchev–Trinajstić information content (AvgIpc) is 2.65. The van der Waals surface area contributed by atoms with Crippen molar-refractivity contribution in [3.63, 3.8) is 0 Å². The van der Waals surface area contributed by atoms with E-state index in [0.717, 1.165) is 22.6 Å². The van der Waals surface area contributed by atoms with Crippen LogP contribution in [0.2, 0.25) is 0 Å². The number of rotatable bonds is 9. The summed E-state index contributed by atoms with van der Waals surface area (Å²) in [4.78, 5) is 12.3. The molecule has 146 valence electrons. The van der Waals surface area contributed by atoms with Crippen LogP contribution in [0.4, 0.5) is 5.69 Å². The Hall–Kier alpha value is -2.03. The lowest BCUT2D eigenvalue weighted by Gasteiger charge is -2.12. The Labute approximate surface area is 164 Å². The second kappa shape index (κ2) is 9.77. The van der Waals surface area contributed by atoms with Crippen LogP contribution in [-0.4, -0.2) is 34.2 Å². The maximum atomic E-state index is 12.5. The number of ether oxygens (including phenoxy) is 1. The Bertz CT molecular complexity index is 898. The summed E-state index contributed by atoms with van der Waals surface area (Å²) in [6.45, 7) is 1.71. The molecule has 8 heteroatoms. The van der Waals surface area contributed by atoms with Crippen LogP contribution >= 0.6 is 11.8 Å². The molecule has 0 saturated carbocycles. The van der Waals surface area contributed by atoms with Crippen molar-refractivity contribution >= 4 is 33.4 Å². The third-order valence-corrected chi connectivity index (χ3v) is 6.11. The van der Waals surface area contributed by atoms with E-state index in [4.69, 9.17) is 4.74 Å². The molecular formula is C19H24N2O4S2. The van der Waals surface area contributed by atoms with Gasteiger partial charge in [0.2, 0.25) is 15.9 Å². The van der Waals surface area contributed by atoms with E-state index in [1.54, 1.807) is 19.2 Å². The van der Waals surface area contributed by atoms with Crippen LogP contribution in [0.1, 0.15) is 18.9 Å². The van der Waals surface area contributed by atoms with Crippen molar-refractivity contribution in [2.45, 2.75) is 29.6 Å². The molecule has 0 aliphatic rings. The number of aryl methyl sites for hydroxylation is 1. The van der Waals surface area contributed by atoms with Crippen molar-refractivity contribution in [3.8, 4) is 5.75 Å². The standard InChI is InChI=1S/C19H24N2O4S2/c1-14(22)21-18-13-17(9-10-19(18)26-3)27(23,24)20-11-5-7-15-6-4-8-16(12-15)25-2/h4,6,8-10,12-13,20H,5,7,11H2,1-3H3,(H,21,22). The van der Waals surface area contributed by atoms with Gasteiger partial charge in [-0.05, 0) is 55.0 Å². The van der Waals surface area contributed by atoms with Crippen LogP contribution < -0.4 is 14.8 Å². The van der Waals surface area contributed by atoms with Gasteiger partial charge < -0.3 is 10.1 Å². The molecule has 0 bridgehead atoms. The summed E-state index contributed by atoms with van der Waals surface area (Å²) in [5.41, 5.74) is 1.58. The predicted octanol–water partition coefficient (Wildman–Crippen LogP) is 3.29. The largest absolute Gasteiger partial charge is 0.497 e. The van der Waals surface area contributed by atoms with Crippen LogP contribution in [0.25, 0.3) is 0 Å². The second-order valence-electron chi connectivity index (χ2n) is 5.90. The molecule has 6 nitrogen and oxygen atoms in total. The summed E-state index contributed by atoms with van der Waals surface area (Å²) < 4.78 is 32.9. The Morgan fingerprint density at radius 1 is 1.19 bits per heavy atom. The minimum Gasteiger partial charge on any atom is -0.497 e. The molecule has 1 amide bonds. The van der Waals surface area contributed by atoms with E-state index < -0.39 is 10.0 Å². The number of benzene rings is 2. The van der Waals surface area contributed by atoms with Gasteiger partial charge in [0.15, 0.2) is 0 Å². The van der Waals surface area contributed by atoms with Gasteiger partial charge in [-0.1, -0.05) is 12.1 Å². The molecule has 0 saturated heterocycles. The molecule has 0 aliphatic carbocycles. The van der Waals surface area contributed by atoms with Gasteiger partial charge in [-0.25, -0.2) is 13.1 Å². The summed E-state index contributed by atoms with van der Waals surface area (Å²) in [6.07, 6.45) is 3.27. The van der Waals surface area contributed by atoms with Crippen molar-refractivity contribution < 1.29 is 17.9 Å². The van der Waals surface area contributed by atoms with Gasteiger partial charge in [-0.2, -0.15) is 0 Å². The molecule has 2 N–H and O–H groups in total. The molecule has 0 aromatic heterocycles. The highest BCUT2D eigenvalue weighted by Crippen LogP contribution is 2.28. The molecule has 0 heterocycles. The molecule has 27 heavy (non-hydrogen) atoms. The van der Waals surface area contributed by atoms with Crippen molar-refractivity contribution in [1.29, 1.82) is 0 Å². The predicted molar refractivity (Wildman–Crippen MR) is 109 cm³/mol. The van der Waals surface area contributed by atoms with E-state index in [1.807, 2.05) is 30.5 Å². The van der Waals surface area contributed by atoms with Crippen LogP contribution in [0, 0.1) is 0 Å². The first-order valence-corrected chi connectivity index (χ1v) is 11.1. The van der Waals surface area contributed by atoms with Crippen molar-refractivity contribution in [3.05, 3.63) is 48.0 Å². The number of hydrogen-bond donors (Lipinski definition) is 2. The molecule has 0 spiro atoms. The molecule has 0 fully saturated rings. The first kappa shape index (κ1) is 21.3. The SMILES string of the molecule is COc1cccc(CCCNS(=O)(=O)c2ccc(SC)c(NC(C)=O)c2)c1. The average molecular weight is 409 g/mol. The molecule has 2 rings (SSSR count). The number of carbonyl (C=O) groups is 1. The van der Waals surface area contributed by atoms with E-state index in [1.165, 1.54) is 24.8 Å². The Kier molecular flexibility index (Phi) is 7.70. The highest BCUT2D eigenvalue weighted by atomic mass is 32.2. The number of amides is 1. The van der Waals surface area contributed by atoms with Gasteiger partial charge in [0.1, 0.15) is 5.75 Å². The van der Waals surface area contributed by atoms with Gasteiger partial charge in [0, 0.05) is 18.4 Å². The van der Waals surface area contributed by atoms with Crippen molar-refractivity contribution in [2.75, 3.05) is 25.2 Å². The summed E-state index contributed by atoms with van der Waals surface area (Å²) in [6, 6.07) is 12.4. The minimum absolute atomic E-state index is 0.130. The third-order valence-electron chi connectivity index (χ3n) is 3.86. The lowest BCUT2D eigenvalue weighted by Crippen LogP contribution is -2.25. The monoisotopic (exact) mass is 408 g/mol. The second-order valence-corrected chi connectivity index (χ2v) is 8.51. The van der Waals surface area contributed by atoms with E-state index in [-0.39, 0.29) is 10.8 Å². The van der Waals surface area contributed by atoms with Crippen LogP contribution in [0.15, 0.2) is 52.3 Å². The van der Waals surface area contributed by atoms with Crippen LogP contribution in [0.5, 0.6) is 5.75 Å². The Morgan fingerprint density at radius 3 is 2.63 bits per heavy atom. The first-order valence-electron chi connectivity index (χ1n) is 8.44. The van der Waals surface area contributed by atoms with Crippen molar-refractivity contribution in [2.24, 2.45) is 0 Å². The fourth-order valence-electron chi connectivity index (χ4n) is 2.55. The number of sulfonamides is 1. The Morgan fingerprint density at radius 2 is 1.96 bits per heavy atom. The van der Waals surface area contributed by atoms with E-state index >= 15 is 0 Å². The lowest BCUT2D eigenvalue weighted by molar-refractivity contribution is -0.114. The zero-order valence-electron chi connectivity index (χ0n) is 15.6. The topological polar surface area (TPSA) is 84.5 Å². The number of methoxy groups -OCH3 is 1. The van der Waals surface area contributed by atoms with E-state index in [9.17, 15) is 13.2 Å². The van der Waals surface area contributed by atoms with Crippen molar-refractivity contribution in [1.82, 2.24) is 4.72 Å². The number of thioether (sulfide) groups is 1. The minimum atomic E-state index is -3.65. The smallest absolute Gasteiger partial charge is 0.240 e. The van der Waals surface area contributed by atoms with Gasteiger partial charge in [0.25, 0.3) is 0 Å². The number of hydrogen-bond acceptors (Lipinski definition) is 5. The fourth-order valence-corrected chi connectivity index (χ4v) is 4.19. The maximum Gasteiger partial charge on any atom is 0.240 e. The molecule has 2 aromatic rings. The summed E-state index contributed by atoms with van der Waals surface area (Å²) in [5.74, 6) is 0.540. The first-order chi connectivity index (χ1) is 12.9. The number of carbonyl (C=O) groups excluding carboxylic acids is 1. The zero-order valence-corrected chi connectivity index (χ0v) is 17.2. The number of anilines is 1. The van der Waals surface area contributed by atoms with Gasteiger partial charge >= 0.3 is 0 Å². The van der Waals surface area contributed by atoms with E-state index in [2.05, 4.69) is 10.0 Å². The molecule has 0 radical (unpaired) electrons. The maximum absolute atomic E-state index is 12.5. The number of nitrogens with one attached hydrogen (secondary N) is 2. The summed E-state index contributed by atoms with van der Waals surface area (Å²) >= 11 is 1.44. The van der Waals surface area contributed by atoms with Crippen LogP contribution in [-0.2, 0) is 21.2 Å². The Balaban J connectivity index is 2.00. The third kappa shape index (κ3) is 6.27. The summed E-state index contributed by atoms with van der Waals surface area (Å²) in [5, 5.41) is 2.67. The zero-order chi connectivity index (χ0) is 19.9. The van der Waals surface area contributed by atoms with Gasteiger partial charge in [0.05, 0.1) is 17.7 Å². The normalized spacial score (nSPS) is 11.2. The summed E-state index contributed by atoms with van der Waals surface area (Å²) in [7, 11) is -2.03. The quantitative estimate of drug-likeness (QED) is 0.491.